The number of hydrogen-bond acceptors (Lipinski definition) is 5. The predicted molar refractivity (Wildman–Crippen MR) is 89.8 cm³/mol. The molecule has 2 N–H and O–H groups in total. The first-order chi connectivity index (χ1) is 9.92. The molecule has 21 heavy (non-hydrogen) atoms. The lowest BCUT2D eigenvalue weighted by Gasteiger charge is -2.02. The molecule has 116 valence electrons. The third kappa shape index (κ3) is 4.51. The van der Waals surface area contributed by atoms with Crippen molar-refractivity contribution in [3.05, 3.63) is 37.9 Å². The minimum atomic E-state index is -3.47. The van der Waals surface area contributed by atoms with Gasteiger partial charge in [-0.15, -0.1) is 22.7 Å². The average Bonchev–Trinajstić information content (AvgIpc) is 3.01. The first-order valence-corrected chi connectivity index (χ1v) is 9.95. The van der Waals surface area contributed by atoms with Crippen molar-refractivity contribution in [1.82, 2.24) is 10.0 Å². The van der Waals surface area contributed by atoms with Gasteiger partial charge in [0.2, 0.25) is 10.0 Å². The van der Waals surface area contributed by atoms with Gasteiger partial charge < -0.3 is 5.32 Å². The van der Waals surface area contributed by atoms with Gasteiger partial charge in [-0.1, -0.05) is 18.5 Å². The van der Waals surface area contributed by atoms with E-state index in [1.54, 1.807) is 12.1 Å². The van der Waals surface area contributed by atoms with Gasteiger partial charge in [-0.2, -0.15) is 0 Å². The minimum absolute atomic E-state index is 0.263. The van der Waals surface area contributed by atoms with Crippen molar-refractivity contribution < 1.29 is 8.42 Å². The maximum Gasteiger partial charge on any atom is 0.250 e. The third-order valence-electron chi connectivity index (χ3n) is 2.86. The first kappa shape index (κ1) is 16.9. The molecule has 0 atom stereocenters. The van der Waals surface area contributed by atoms with Crippen LogP contribution < -0.4 is 10.0 Å². The fraction of sp³-hybridized carbons (Fsp3) is 0.385. The van der Waals surface area contributed by atoms with Crippen LogP contribution in [0.5, 0.6) is 0 Å². The summed E-state index contributed by atoms with van der Waals surface area (Å²) in [6.07, 6.45) is 0. The monoisotopic (exact) mass is 364 g/mol. The molecule has 0 radical (unpaired) electrons. The van der Waals surface area contributed by atoms with Crippen LogP contribution in [0.25, 0.3) is 0 Å². The Morgan fingerprint density at radius 2 is 2.00 bits per heavy atom. The van der Waals surface area contributed by atoms with E-state index < -0.39 is 10.0 Å². The van der Waals surface area contributed by atoms with Crippen molar-refractivity contribution in [2.75, 3.05) is 6.54 Å². The summed E-state index contributed by atoms with van der Waals surface area (Å²) >= 11 is 8.52. The molecular weight excluding hydrogens is 348 g/mol. The van der Waals surface area contributed by atoms with E-state index in [1.165, 1.54) is 22.7 Å². The van der Waals surface area contributed by atoms with Crippen molar-refractivity contribution in [2.24, 2.45) is 0 Å². The average molecular weight is 365 g/mol. The largest absolute Gasteiger partial charge is 0.312 e. The van der Waals surface area contributed by atoms with E-state index in [0.717, 1.165) is 21.9 Å². The van der Waals surface area contributed by atoms with E-state index in [4.69, 9.17) is 11.6 Å². The predicted octanol–water partition coefficient (Wildman–Crippen LogP) is 3.36. The van der Waals surface area contributed by atoms with E-state index in [-0.39, 0.29) is 6.54 Å². The van der Waals surface area contributed by atoms with E-state index in [2.05, 4.69) is 10.0 Å². The number of nitrogens with one attached hydrogen (secondary N) is 2. The SMILES string of the molecule is CCNCc1sc(S(=O)(=O)NCc2ccc(Cl)s2)cc1C. The summed E-state index contributed by atoms with van der Waals surface area (Å²) in [6.45, 7) is 5.77. The number of sulfonamides is 1. The van der Waals surface area contributed by atoms with Gasteiger partial charge in [-0.25, -0.2) is 13.1 Å². The number of halogens is 1. The molecule has 0 unspecified atom stereocenters. The fourth-order valence-electron chi connectivity index (χ4n) is 1.72. The first-order valence-electron chi connectivity index (χ1n) is 6.46. The summed E-state index contributed by atoms with van der Waals surface area (Å²) in [4.78, 5) is 1.95. The zero-order chi connectivity index (χ0) is 15.5. The van der Waals surface area contributed by atoms with E-state index >= 15 is 0 Å². The summed E-state index contributed by atoms with van der Waals surface area (Å²) in [5, 5.41) is 3.21. The Bertz CT molecular complexity index is 707. The summed E-state index contributed by atoms with van der Waals surface area (Å²) < 4.78 is 28.2. The quantitative estimate of drug-likeness (QED) is 0.792. The molecule has 4 nitrogen and oxygen atoms in total. The highest BCUT2D eigenvalue weighted by Gasteiger charge is 2.18. The topological polar surface area (TPSA) is 58.2 Å². The summed E-state index contributed by atoms with van der Waals surface area (Å²) in [7, 11) is -3.47. The molecule has 2 aromatic rings. The van der Waals surface area contributed by atoms with Gasteiger partial charge in [-0.05, 0) is 37.2 Å². The third-order valence-corrected chi connectivity index (χ3v) is 7.21. The second kappa shape index (κ2) is 7.21. The van der Waals surface area contributed by atoms with Gasteiger partial charge in [-0.3, -0.25) is 0 Å². The van der Waals surface area contributed by atoms with Crippen LogP contribution in [0.3, 0.4) is 0 Å². The van der Waals surface area contributed by atoms with Crippen molar-refractivity contribution >= 4 is 44.3 Å². The minimum Gasteiger partial charge on any atom is -0.312 e. The van der Waals surface area contributed by atoms with Crippen molar-refractivity contribution in [3.63, 3.8) is 0 Å². The Labute approximate surface area is 138 Å². The Hall–Kier alpha value is -0.440. The zero-order valence-electron chi connectivity index (χ0n) is 11.8. The van der Waals surface area contributed by atoms with Gasteiger partial charge in [0.25, 0.3) is 0 Å². The van der Waals surface area contributed by atoms with E-state index in [0.29, 0.717) is 15.1 Å². The fourth-order valence-corrected chi connectivity index (χ4v) is 5.45. The maximum atomic E-state index is 12.3. The van der Waals surface area contributed by atoms with Crippen LogP contribution in [-0.2, 0) is 23.1 Å². The maximum absolute atomic E-state index is 12.3. The standard InChI is InChI=1S/C13H17ClN2O2S3/c1-3-15-8-11-9(2)6-13(20-11)21(17,18)16-7-10-4-5-12(14)19-10/h4-6,15-16H,3,7-8H2,1-2H3. The molecular formula is C13H17ClN2O2S3. The highest BCUT2D eigenvalue weighted by atomic mass is 35.5. The molecule has 2 rings (SSSR count). The molecule has 0 aliphatic rings. The normalized spacial score (nSPS) is 12.0. The molecule has 2 heterocycles. The van der Waals surface area contributed by atoms with Crippen LogP contribution in [0.4, 0.5) is 0 Å². The van der Waals surface area contributed by atoms with Crippen LogP contribution in [-0.4, -0.2) is 15.0 Å². The van der Waals surface area contributed by atoms with Crippen LogP contribution in [0.15, 0.2) is 22.4 Å². The summed E-state index contributed by atoms with van der Waals surface area (Å²) in [5.74, 6) is 0. The van der Waals surface area contributed by atoms with Gasteiger partial charge in [0, 0.05) is 22.8 Å². The number of aryl methyl sites for hydroxylation is 1. The van der Waals surface area contributed by atoms with Crippen molar-refractivity contribution in [1.29, 1.82) is 0 Å². The molecule has 2 aromatic heterocycles. The molecule has 0 aromatic carbocycles. The molecule has 0 saturated carbocycles. The molecule has 8 heteroatoms. The molecule has 0 saturated heterocycles. The summed E-state index contributed by atoms with van der Waals surface area (Å²) in [6, 6.07) is 5.31. The highest BCUT2D eigenvalue weighted by molar-refractivity contribution is 7.91. The lowest BCUT2D eigenvalue weighted by molar-refractivity contribution is 0.584. The van der Waals surface area contributed by atoms with Crippen LogP contribution in [0, 0.1) is 6.92 Å². The molecule has 0 amide bonds. The number of hydrogen-bond donors (Lipinski definition) is 2. The van der Waals surface area contributed by atoms with Gasteiger partial charge >= 0.3 is 0 Å². The molecule has 0 bridgehead atoms. The van der Waals surface area contributed by atoms with Gasteiger partial charge in [0.1, 0.15) is 4.21 Å². The van der Waals surface area contributed by atoms with E-state index in [1.807, 2.05) is 19.9 Å². The van der Waals surface area contributed by atoms with Crippen LogP contribution in [0.1, 0.15) is 22.2 Å². The smallest absolute Gasteiger partial charge is 0.250 e. The Morgan fingerprint density at radius 3 is 2.62 bits per heavy atom. The number of rotatable bonds is 7. The Morgan fingerprint density at radius 1 is 1.24 bits per heavy atom. The molecule has 0 fully saturated rings. The highest BCUT2D eigenvalue weighted by Crippen LogP contribution is 2.27. The zero-order valence-corrected chi connectivity index (χ0v) is 15.0. The Kier molecular flexibility index (Phi) is 5.81. The Balaban J connectivity index is 2.08. The second-order valence-corrected chi connectivity index (χ2v) is 9.41. The number of thiophene rings is 2. The van der Waals surface area contributed by atoms with Crippen molar-refractivity contribution in [3.8, 4) is 0 Å². The molecule has 0 aliphatic carbocycles. The lowest BCUT2D eigenvalue weighted by atomic mass is 10.3. The summed E-state index contributed by atoms with van der Waals surface area (Å²) in [5.41, 5.74) is 1.00. The van der Waals surface area contributed by atoms with Crippen LogP contribution >= 0.6 is 34.3 Å². The van der Waals surface area contributed by atoms with E-state index in [9.17, 15) is 8.42 Å². The molecule has 0 spiro atoms. The van der Waals surface area contributed by atoms with Crippen molar-refractivity contribution in [2.45, 2.75) is 31.1 Å². The molecule has 0 aliphatic heterocycles. The lowest BCUT2D eigenvalue weighted by Crippen LogP contribution is -2.21. The van der Waals surface area contributed by atoms with Crippen LogP contribution in [0.2, 0.25) is 4.34 Å². The van der Waals surface area contributed by atoms with Gasteiger partial charge in [0.15, 0.2) is 0 Å². The van der Waals surface area contributed by atoms with Gasteiger partial charge in [0.05, 0.1) is 4.34 Å². The second-order valence-electron chi connectivity index (χ2n) is 4.48.